The van der Waals surface area contributed by atoms with Crippen LogP contribution in [0.5, 0.6) is 0 Å². The number of nitrogens with one attached hydrogen (secondary N) is 1. The van der Waals surface area contributed by atoms with E-state index in [1.165, 1.54) is 0 Å². The number of aromatic nitrogens is 1. The highest BCUT2D eigenvalue weighted by molar-refractivity contribution is 5.79. The van der Waals surface area contributed by atoms with Gasteiger partial charge in [-0.2, -0.15) is 0 Å². The molecule has 5 heteroatoms. The Labute approximate surface area is 190 Å². The maximum atomic E-state index is 13.2. The van der Waals surface area contributed by atoms with Gasteiger partial charge in [0.2, 0.25) is 5.91 Å². The third kappa shape index (κ3) is 5.54. The van der Waals surface area contributed by atoms with Crippen molar-refractivity contribution in [2.24, 2.45) is 17.6 Å². The molecule has 4 rings (SSSR count). The second-order valence-electron chi connectivity index (χ2n) is 8.78. The lowest BCUT2D eigenvalue weighted by molar-refractivity contribution is -0.127. The van der Waals surface area contributed by atoms with Crippen LogP contribution in [0.1, 0.15) is 43.0 Å². The predicted molar refractivity (Wildman–Crippen MR) is 130 cm³/mol. The van der Waals surface area contributed by atoms with Crippen molar-refractivity contribution in [1.29, 1.82) is 0 Å². The molecular weight excluding hydrogens is 396 g/mol. The maximum Gasteiger partial charge on any atom is 0.223 e. The molecule has 1 aliphatic rings. The highest BCUT2D eigenvalue weighted by Crippen LogP contribution is 2.30. The van der Waals surface area contributed by atoms with Crippen LogP contribution in [0, 0.1) is 11.8 Å². The standard InChI is InChI=1S/C27H32N4O/c28-18-20-11-13-22(14-12-20)27(32)31-24(15-19-7-3-1-4-8-19)25-16-23(17-26(29)30-25)21-9-5-2-6-10-21/h1-10,16-17,20,22,24H,11-15,18,28H2,(H2,29,30)(H,31,32). The first kappa shape index (κ1) is 22.0. The Kier molecular flexibility index (Phi) is 7.17. The summed E-state index contributed by atoms with van der Waals surface area (Å²) < 4.78 is 0. The van der Waals surface area contributed by atoms with E-state index in [2.05, 4.69) is 34.6 Å². The van der Waals surface area contributed by atoms with Gasteiger partial charge < -0.3 is 16.8 Å². The molecular formula is C27H32N4O. The average molecular weight is 429 g/mol. The Hall–Kier alpha value is -3.18. The van der Waals surface area contributed by atoms with Gasteiger partial charge in [-0.1, -0.05) is 60.7 Å². The van der Waals surface area contributed by atoms with Gasteiger partial charge in [0.05, 0.1) is 11.7 Å². The number of pyridine rings is 1. The molecule has 2 aromatic carbocycles. The number of hydrogen-bond acceptors (Lipinski definition) is 4. The van der Waals surface area contributed by atoms with Crippen molar-refractivity contribution in [3.63, 3.8) is 0 Å². The van der Waals surface area contributed by atoms with E-state index < -0.39 is 0 Å². The van der Waals surface area contributed by atoms with Crippen molar-refractivity contribution in [1.82, 2.24) is 10.3 Å². The number of carbonyl (C=O) groups excluding carboxylic acids is 1. The van der Waals surface area contributed by atoms with Gasteiger partial charge in [-0.05, 0) is 73.4 Å². The number of rotatable bonds is 7. The highest BCUT2D eigenvalue weighted by atomic mass is 16.1. The fourth-order valence-electron chi connectivity index (χ4n) is 4.58. The molecule has 0 radical (unpaired) electrons. The predicted octanol–water partition coefficient (Wildman–Crippen LogP) is 4.50. The molecule has 1 atom stereocenters. The van der Waals surface area contributed by atoms with Crippen LogP contribution in [0.15, 0.2) is 72.8 Å². The lowest BCUT2D eigenvalue weighted by Gasteiger charge is -2.29. The summed E-state index contributed by atoms with van der Waals surface area (Å²) in [5, 5.41) is 3.30. The zero-order chi connectivity index (χ0) is 22.3. The summed E-state index contributed by atoms with van der Waals surface area (Å²) in [6.07, 6.45) is 4.49. The van der Waals surface area contributed by atoms with Crippen molar-refractivity contribution < 1.29 is 4.79 Å². The van der Waals surface area contributed by atoms with Gasteiger partial charge in [-0.3, -0.25) is 4.79 Å². The van der Waals surface area contributed by atoms with Crippen LogP contribution in [-0.2, 0) is 11.2 Å². The number of anilines is 1. The lowest BCUT2D eigenvalue weighted by Crippen LogP contribution is -2.37. The van der Waals surface area contributed by atoms with E-state index in [1.807, 2.05) is 48.5 Å². The highest BCUT2D eigenvalue weighted by Gasteiger charge is 2.28. The summed E-state index contributed by atoms with van der Waals surface area (Å²) in [6.45, 7) is 0.709. The van der Waals surface area contributed by atoms with E-state index in [-0.39, 0.29) is 17.9 Å². The van der Waals surface area contributed by atoms with E-state index in [0.717, 1.165) is 48.1 Å². The number of benzene rings is 2. The number of nitrogen functional groups attached to an aromatic ring is 1. The molecule has 1 saturated carbocycles. The topological polar surface area (TPSA) is 94.0 Å². The Morgan fingerprint density at radius 2 is 1.59 bits per heavy atom. The molecule has 0 bridgehead atoms. The fraction of sp³-hybridized carbons (Fsp3) is 0.333. The summed E-state index contributed by atoms with van der Waals surface area (Å²) in [6, 6.07) is 24.0. The molecule has 32 heavy (non-hydrogen) atoms. The first-order valence-electron chi connectivity index (χ1n) is 11.5. The van der Waals surface area contributed by atoms with Gasteiger partial charge in [0.15, 0.2) is 0 Å². The maximum absolute atomic E-state index is 13.2. The van der Waals surface area contributed by atoms with Crippen molar-refractivity contribution in [3.05, 3.63) is 84.1 Å². The second kappa shape index (κ2) is 10.4. The molecule has 1 fully saturated rings. The zero-order valence-electron chi connectivity index (χ0n) is 18.4. The van der Waals surface area contributed by atoms with Crippen molar-refractivity contribution >= 4 is 11.7 Å². The SMILES string of the molecule is NCC1CCC(C(=O)NC(Cc2ccccc2)c2cc(-c3ccccc3)cc(N)n2)CC1. The number of carbonyl (C=O) groups is 1. The van der Waals surface area contributed by atoms with E-state index >= 15 is 0 Å². The van der Waals surface area contributed by atoms with Crippen LogP contribution in [0.4, 0.5) is 5.82 Å². The van der Waals surface area contributed by atoms with Crippen LogP contribution in [-0.4, -0.2) is 17.4 Å². The molecule has 1 aliphatic carbocycles. The van der Waals surface area contributed by atoms with Gasteiger partial charge in [-0.15, -0.1) is 0 Å². The molecule has 1 heterocycles. The second-order valence-corrected chi connectivity index (χ2v) is 8.78. The molecule has 5 N–H and O–H groups in total. The van der Waals surface area contributed by atoms with E-state index in [1.54, 1.807) is 0 Å². The molecule has 3 aromatic rings. The van der Waals surface area contributed by atoms with Gasteiger partial charge >= 0.3 is 0 Å². The Bertz CT molecular complexity index is 1010. The van der Waals surface area contributed by atoms with Crippen LogP contribution < -0.4 is 16.8 Å². The molecule has 1 unspecified atom stereocenters. The molecule has 1 amide bonds. The minimum Gasteiger partial charge on any atom is -0.384 e. The summed E-state index contributed by atoms with van der Waals surface area (Å²) in [4.78, 5) is 17.8. The quantitative estimate of drug-likeness (QED) is 0.517. The zero-order valence-corrected chi connectivity index (χ0v) is 18.4. The van der Waals surface area contributed by atoms with Crippen LogP contribution in [0.3, 0.4) is 0 Å². The molecule has 1 aromatic heterocycles. The first-order valence-corrected chi connectivity index (χ1v) is 11.5. The van der Waals surface area contributed by atoms with Gasteiger partial charge in [0.1, 0.15) is 5.82 Å². The Morgan fingerprint density at radius 1 is 0.938 bits per heavy atom. The monoisotopic (exact) mass is 428 g/mol. The lowest BCUT2D eigenvalue weighted by atomic mass is 9.81. The summed E-state index contributed by atoms with van der Waals surface area (Å²) in [5.74, 6) is 1.14. The van der Waals surface area contributed by atoms with E-state index in [9.17, 15) is 4.79 Å². The number of nitrogens with two attached hydrogens (primary N) is 2. The average Bonchev–Trinajstić information content (AvgIpc) is 2.84. The van der Waals surface area contributed by atoms with Crippen molar-refractivity contribution in [2.75, 3.05) is 12.3 Å². The van der Waals surface area contributed by atoms with Crippen molar-refractivity contribution in [3.8, 4) is 11.1 Å². The van der Waals surface area contributed by atoms with Gasteiger partial charge in [0, 0.05) is 5.92 Å². The minimum absolute atomic E-state index is 0.0331. The van der Waals surface area contributed by atoms with E-state index in [0.29, 0.717) is 24.7 Å². The Balaban J connectivity index is 1.60. The van der Waals surface area contributed by atoms with Crippen LogP contribution >= 0.6 is 0 Å². The smallest absolute Gasteiger partial charge is 0.223 e. The molecule has 166 valence electrons. The normalized spacial score (nSPS) is 19.3. The minimum atomic E-state index is -0.247. The molecule has 0 aliphatic heterocycles. The molecule has 0 spiro atoms. The Morgan fingerprint density at radius 3 is 2.25 bits per heavy atom. The third-order valence-electron chi connectivity index (χ3n) is 6.48. The van der Waals surface area contributed by atoms with Crippen LogP contribution in [0.2, 0.25) is 0 Å². The summed E-state index contributed by atoms with van der Waals surface area (Å²) in [7, 11) is 0. The molecule has 0 saturated heterocycles. The van der Waals surface area contributed by atoms with Crippen molar-refractivity contribution in [2.45, 2.75) is 38.1 Å². The summed E-state index contributed by atoms with van der Waals surface area (Å²) >= 11 is 0. The fourth-order valence-corrected chi connectivity index (χ4v) is 4.58. The first-order chi connectivity index (χ1) is 15.6. The number of nitrogens with zero attached hydrogens (tertiary/aromatic N) is 1. The third-order valence-corrected chi connectivity index (χ3v) is 6.48. The summed E-state index contributed by atoms with van der Waals surface area (Å²) in [5.41, 5.74) is 16.0. The number of amides is 1. The van der Waals surface area contributed by atoms with Crippen LogP contribution in [0.25, 0.3) is 11.1 Å². The van der Waals surface area contributed by atoms with Gasteiger partial charge in [0.25, 0.3) is 0 Å². The van der Waals surface area contributed by atoms with E-state index in [4.69, 9.17) is 11.5 Å². The van der Waals surface area contributed by atoms with Gasteiger partial charge in [-0.25, -0.2) is 4.98 Å². The number of hydrogen-bond donors (Lipinski definition) is 3. The largest absolute Gasteiger partial charge is 0.384 e. The molecule has 5 nitrogen and oxygen atoms in total.